The van der Waals surface area contributed by atoms with Gasteiger partial charge in [-0.05, 0) is 0 Å². The third-order valence-electron chi connectivity index (χ3n) is 1.93. The molecule has 0 saturated carbocycles. The van der Waals surface area contributed by atoms with Gasteiger partial charge in [-0.3, -0.25) is 10.1 Å². The number of aliphatic hydroxyl groups is 1. The number of carboxylic acids is 1. The first-order valence-electron chi connectivity index (χ1n) is 4.87. The topological polar surface area (TPSA) is 100 Å². The average molecular weight is 268 g/mol. The van der Waals surface area contributed by atoms with Crippen LogP contribution in [0.1, 0.15) is 11.7 Å². The Kier molecular flexibility index (Phi) is 4.62. The predicted octanol–water partition coefficient (Wildman–Crippen LogP) is -0.452. The molecule has 7 nitrogen and oxygen atoms in total. The molecule has 0 radical (unpaired) electrons. The van der Waals surface area contributed by atoms with Gasteiger partial charge in [-0.1, -0.05) is 5.21 Å². The largest absolute Gasteiger partial charge is 0.480 e. The SMILES string of the molecule is O=C(O)C(NCC(F)(F)F)c1cn(CCO)nn1. The van der Waals surface area contributed by atoms with E-state index in [2.05, 4.69) is 10.3 Å². The van der Waals surface area contributed by atoms with Gasteiger partial charge >= 0.3 is 12.1 Å². The Labute approximate surface area is 99.2 Å². The summed E-state index contributed by atoms with van der Waals surface area (Å²) in [6.45, 7) is -1.61. The van der Waals surface area contributed by atoms with E-state index in [0.29, 0.717) is 0 Å². The van der Waals surface area contributed by atoms with Crippen LogP contribution in [0.5, 0.6) is 0 Å². The summed E-state index contributed by atoms with van der Waals surface area (Å²) >= 11 is 0. The third-order valence-corrected chi connectivity index (χ3v) is 1.93. The minimum absolute atomic E-state index is 0.0820. The second-order valence-electron chi connectivity index (χ2n) is 3.40. The van der Waals surface area contributed by atoms with Crippen molar-refractivity contribution in [1.29, 1.82) is 0 Å². The molecule has 0 bridgehead atoms. The summed E-state index contributed by atoms with van der Waals surface area (Å²) in [4.78, 5) is 10.8. The van der Waals surface area contributed by atoms with Gasteiger partial charge < -0.3 is 10.2 Å². The van der Waals surface area contributed by atoms with E-state index in [1.54, 1.807) is 0 Å². The molecule has 0 aliphatic heterocycles. The lowest BCUT2D eigenvalue weighted by Crippen LogP contribution is -2.36. The highest BCUT2D eigenvalue weighted by atomic mass is 19.4. The van der Waals surface area contributed by atoms with E-state index in [1.807, 2.05) is 5.32 Å². The van der Waals surface area contributed by atoms with Crippen LogP contribution in [0.3, 0.4) is 0 Å². The van der Waals surface area contributed by atoms with E-state index in [4.69, 9.17) is 10.2 Å². The summed E-state index contributed by atoms with van der Waals surface area (Å²) in [6.07, 6.45) is -3.35. The van der Waals surface area contributed by atoms with Crippen molar-refractivity contribution in [2.24, 2.45) is 0 Å². The number of hydrogen-bond acceptors (Lipinski definition) is 5. The number of nitrogens with zero attached hydrogens (tertiary/aromatic N) is 3. The molecular formula is C8H11F3N4O3. The average Bonchev–Trinajstić information content (AvgIpc) is 2.65. The number of aliphatic hydroxyl groups excluding tert-OH is 1. The van der Waals surface area contributed by atoms with Crippen molar-refractivity contribution in [3.8, 4) is 0 Å². The summed E-state index contributed by atoms with van der Waals surface area (Å²) < 4.78 is 37.1. The van der Waals surface area contributed by atoms with Crippen LogP contribution in [0.25, 0.3) is 0 Å². The number of hydrogen-bond donors (Lipinski definition) is 3. The van der Waals surface area contributed by atoms with Crippen LogP contribution in [0.2, 0.25) is 0 Å². The molecule has 10 heteroatoms. The van der Waals surface area contributed by atoms with E-state index < -0.39 is 24.7 Å². The minimum atomic E-state index is -4.52. The number of alkyl halides is 3. The fourth-order valence-electron chi connectivity index (χ4n) is 1.19. The standard InChI is InChI=1S/C8H11F3N4O3/c9-8(10,11)4-12-6(7(17)18)5-3-15(1-2-16)14-13-5/h3,6,12,16H,1-2,4H2,(H,17,18). The van der Waals surface area contributed by atoms with E-state index in [0.717, 1.165) is 4.68 Å². The van der Waals surface area contributed by atoms with Gasteiger partial charge in [-0.2, -0.15) is 13.2 Å². The Morgan fingerprint density at radius 1 is 1.56 bits per heavy atom. The van der Waals surface area contributed by atoms with Crippen LogP contribution in [-0.2, 0) is 11.3 Å². The fourth-order valence-corrected chi connectivity index (χ4v) is 1.19. The maximum atomic E-state index is 12.0. The third kappa shape index (κ3) is 4.30. The molecule has 1 aromatic heterocycles. The lowest BCUT2D eigenvalue weighted by molar-refractivity contribution is -0.143. The van der Waals surface area contributed by atoms with Crippen molar-refractivity contribution in [2.45, 2.75) is 18.8 Å². The van der Waals surface area contributed by atoms with Gasteiger partial charge in [0.25, 0.3) is 0 Å². The molecule has 102 valence electrons. The molecule has 0 saturated heterocycles. The highest BCUT2D eigenvalue weighted by molar-refractivity contribution is 5.74. The van der Waals surface area contributed by atoms with Gasteiger partial charge in [0.1, 0.15) is 5.69 Å². The molecule has 1 atom stereocenters. The van der Waals surface area contributed by atoms with E-state index in [1.165, 1.54) is 6.20 Å². The van der Waals surface area contributed by atoms with Crippen LogP contribution >= 0.6 is 0 Å². The fraction of sp³-hybridized carbons (Fsp3) is 0.625. The zero-order valence-electron chi connectivity index (χ0n) is 9.05. The minimum Gasteiger partial charge on any atom is -0.480 e. The number of carboxylic acid groups (broad SMARTS) is 1. The first kappa shape index (κ1) is 14.4. The van der Waals surface area contributed by atoms with Gasteiger partial charge in [0.2, 0.25) is 0 Å². The smallest absolute Gasteiger partial charge is 0.401 e. The van der Waals surface area contributed by atoms with E-state index >= 15 is 0 Å². The maximum Gasteiger partial charge on any atom is 0.401 e. The zero-order valence-corrected chi connectivity index (χ0v) is 9.05. The first-order chi connectivity index (χ1) is 8.33. The second-order valence-corrected chi connectivity index (χ2v) is 3.40. The summed E-state index contributed by atoms with van der Waals surface area (Å²) in [6, 6.07) is -1.60. The van der Waals surface area contributed by atoms with Crippen molar-refractivity contribution >= 4 is 5.97 Å². The van der Waals surface area contributed by atoms with Crippen LogP contribution in [0, 0.1) is 0 Å². The Bertz CT molecular complexity index is 407. The zero-order chi connectivity index (χ0) is 13.8. The van der Waals surface area contributed by atoms with Gasteiger partial charge in [-0.15, -0.1) is 5.10 Å². The lowest BCUT2D eigenvalue weighted by atomic mass is 10.2. The second kappa shape index (κ2) is 5.78. The summed E-state index contributed by atoms with van der Waals surface area (Å²) in [5.41, 5.74) is -0.153. The molecule has 0 aliphatic rings. The lowest BCUT2D eigenvalue weighted by Gasteiger charge is -2.13. The number of halogens is 3. The molecule has 18 heavy (non-hydrogen) atoms. The summed E-state index contributed by atoms with van der Waals surface area (Å²) in [5.74, 6) is -1.49. The quantitative estimate of drug-likeness (QED) is 0.646. The van der Waals surface area contributed by atoms with Crippen molar-refractivity contribution in [3.05, 3.63) is 11.9 Å². The normalized spacial score (nSPS) is 13.6. The summed E-state index contributed by atoms with van der Waals surface area (Å²) in [5, 5.41) is 26.2. The Hall–Kier alpha value is -1.68. The molecule has 0 aliphatic carbocycles. The van der Waals surface area contributed by atoms with Crippen molar-refractivity contribution in [1.82, 2.24) is 20.3 Å². The van der Waals surface area contributed by atoms with Crippen LogP contribution in [0.15, 0.2) is 6.20 Å². The molecule has 0 spiro atoms. The Balaban J connectivity index is 2.74. The highest BCUT2D eigenvalue weighted by Crippen LogP contribution is 2.16. The van der Waals surface area contributed by atoms with Gasteiger partial charge in [0, 0.05) is 0 Å². The monoisotopic (exact) mass is 268 g/mol. The summed E-state index contributed by atoms with van der Waals surface area (Å²) in [7, 11) is 0. The number of aliphatic carboxylic acids is 1. The van der Waals surface area contributed by atoms with Crippen molar-refractivity contribution in [3.63, 3.8) is 0 Å². The molecule has 3 N–H and O–H groups in total. The maximum absolute atomic E-state index is 12.0. The molecule has 1 unspecified atom stereocenters. The van der Waals surface area contributed by atoms with Crippen LogP contribution in [0.4, 0.5) is 13.2 Å². The number of aromatic nitrogens is 3. The van der Waals surface area contributed by atoms with Crippen LogP contribution < -0.4 is 5.32 Å². The Morgan fingerprint density at radius 3 is 2.72 bits per heavy atom. The van der Waals surface area contributed by atoms with Gasteiger partial charge in [0.15, 0.2) is 6.04 Å². The molecular weight excluding hydrogens is 257 g/mol. The molecule has 1 heterocycles. The van der Waals surface area contributed by atoms with E-state index in [9.17, 15) is 18.0 Å². The van der Waals surface area contributed by atoms with E-state index in [-0.39, 0.29) is 18.8 Å². The Morgan fingerprint density at radius 2 is 2.22 bits per heavy atom. The molecule has 0 aromatic carbocycles. The van der Waals surface area contributed by atoms with Crippen molar-refractivity contribution in [2.75, 3.05) is 13.2 Å². The van der Waals surface area contributed by atoms with Gasteiger partial charge in [0.05, 0.1) is 25.9 Å². The first-order valence-corrected chi connectivity index (χ1v) is 4.87. The molecule has 0 fully saturated rings. The molecule has 1 aromatic rings. The van der Waals surface area contributed by atoms with Crippen LogP contribution in [-0.4, -0.2) is 50.5 Å². The molecule has 0 amide bonds. The van der Waals surface area contributed by atoms with Gasteiger partial charge in [-0.25, -0.2) is 4.68 Å². The number of carbonyl (C=O) groups is 1. The highest BCUT2D eigenvalue weighted by Gasteiger charge is 2.31. The molecule has 1 rings (SSSR count). The number of rotatable bonds is 6. The van der Waals surface area contributed by atoms with Crippen molar-refractivity contribution < 1.29 is 28.2 Å². The number of nitrogens with one attached hydrogen (secondary N) is 1. The predicted molar refractivity (Wildman–Crippen MR) is 51.5 cm³/mol.